The van der Waals surface area contributed by atoms with E-state index in [2.05, 4.69) is 6.07 Å². The Bertz CT molecular complexity index is 316. The SMILES string of the molecule is Cc1[c]ccc(C2(N)CC2)c1F. The molecule has 1 nitrogen and oxygen atoms in total. The Labute approximate surface area is 71.4 Å². The van der Waals surface area contributed by atoms with E-state index in [0.29, 0.717) is 11.1 Å². The highest BCUT2D eigenvalue weighted by Crippen LogP contribution is 2.43. The Morgan fingerprint density at radius 1 is 1.58 bits per heavy atom. The van der Waals surface area contributed by atoms with Gasteiger partial charge in [0.05, 0.1) is 0 Å². The average Bonchev–Trinajstić information content (AvgIpc) is 2.75. The van der Waals surface area contributed by atoms with Crippen LogP contribution in [-0.4, -0.2) is 0 Å². The van der Waals surface area contributed by atoms with Crippen LogP contribution in [0.1, 0.15) is 24.0 Å². The fourth-order valence-electron chi connectivity index (χ4n) is 1.38. The predicted molar refractivity (Wildman–Crippen MR) is 45.1 cm³/mol. The molecule has 1 aliphatic carbocycles. The number of benzene rings is 1. The van der Waals surface area contributed by atoms with Crippen molar-refractivity contribution < 1.29 is 4.39 Å². The van der Waals surface area contributed by atoms with Crippen LogP contribution in [0.15, 0.2) is 12.1 Å². The molecule has 0 amide bonds. The lowest BCUT2D eigenvalue weighted by molar-refractivity contribution is 0.570. The molecule has 1 saturated carbocycles. The molecule has 0 heterocycles. The number of hydrogen-bond donors (Lipinski definition) is 1. The van der Waals surface area contributed by atoms with Crippen molar-refractivity contribution in [3.8, 4) is 0 Å². The van der Waals surface area contributed by atoms with E-state index in [0.717, 1.165) is 12.8 Å². The van der Waals surface area contributed by atoms with Crippen LogP contribution < -0.4 is 5.73 Å². The third kappa shape index (κ3) is 1.03. The van der Waals surface area contributed by atoms with Crippen molar-refractivity contribution in [1.29, 1.82) is 0 Å². The fraction of sp³-hybridized carbons (Fsp3) is 0.400. The van der Waals surface area contributed by atoms with Gasteiger partial charge in [0.1, 0.15) is 5.82 Å². The summed E-state index contributed by atoms with van der Waals surface area (Å²) in [5, 5.41) is 0. The third-order valence-electron chi connectivity index (χ3n) is 2.44. The van der Waals surface area contributed by atoms with Gasteiger partial charge in [-0.15, -0.1) is 0 Å². The molecule has 1 radical (unpaired) electrons. The van der Waals surface area contributed by atoms with Gasteiger partial charge in [0.25, 0.3) is 0 Å². The van der Waals surface area contributed by atoms with E-state index >= 15 is 0 Å². The van der Waals surface area contributed by atoms with E-state index in [1.807, 2.05) is 0 Å². The summed E-state index contributed by atoms with van der Waals surface area (Å²) in [6, 6.07) is 6.28. The van der Waals surface area contributed by atoms with Crippen molar-refractivity contribution in [3.05, 3.63) is 35.1 Å². The molecule has 0 saturated heterocycles. The van der Waals surface area contributed by atoms with Crippen LogP contribution in [0.2, 0.25) is 0 Å². The van der Waals surface area contributed by atoms with Gasteiger partial charge in [-0.25, -0.2) is 4.39 Å². The van der Waals surface area contributed by atoms with Gasteiger partial charge < -0.3 is 5.73 Å². The first-order valence-corrected chi connectivity index (χ1v) is 4.10. The molecular formula is C10H11FN. The van der Waals surface area contributed by atoms with Gasteiger partial charge in [0, 0.05) is 11.1 Å². The Morgan fingerprint density at radius 2 is 2.25 bits per heavy atom. The van der Waals surface area contributed by atoms with E-state index in [1.54, 1.807) is 19.1 Å². The van der Waals surface area contributed by atoms with Gasteiger partial charge in [-0.2, -0.15) is 0 Å². The van der Waals surface area contributed by atoms with Gasteiger partial charge in [-0.3, -0.25) is 0 Å². The highest BCUT2D eigenvalue weighted by molar-refractivity contribution is 5.33. The molecule has 2 rings (SSSR count). The summed E-state index contributed by atoms with van der Waals surface area (Å²) in [4.78, 5) is 0. The summed E-state index contributed by atoms with van der Waals surface area (Å²) in [6.07, 6.45) is 1.79. The van der Waals surface area contributed by atoms with Crippen LogP contribution in [0.25, 0.3) is 0 Å². The third-order valence-corrected chi connectivity index (χ3v) is 2.44. The van der Waals surface area contributed by atoms with E-state index in [4.69, 9.17) is 5.73 Å². The summed E-state index contributed by atoms with van der Waals surface area (Å²) in [5.74, 6) is -0.183. The van der Waals surface area contributed by atoms with E-state index in [-0.39, 0.29) is 11.4 Å². The maximum absolute atomic E-state index is 13.4. The lowest BCUT2D eigenvalue weighted by Crippen LogP contribution is -2.20. The molecule has 1 fully saturated rings. The second-order valence-corrected chi connectivity index (χ2v) is 3.49. The molecule has 0 bridgehead atoms. The minimum Gasteiger partial charge on any atom is -0.321 e. The molecule has 0 aliphatic heterocycles. The topological polar surface area (TPSA) is 26.0 Å². The predicted octanol–water partition coefficient (Wildman–Crippen LogP) is 1.88. The number of hydrogen-bond acceptors (Lipinski definition) is 1. The number of nitrogens with two attached hydrogens (primary N) is 1. The minimum atomic E-state index is -0.371. The van der Waals surface area contributed by atoms with E-state index < -0.39 is 0 Å². The Kier molecular flexibility index (Phi) is 1.48. The number of halogens is 1. The zero-order valence-corrected chi connectivity index (χ0v) is 7.02. The summed E-state index contributed by atoms with van der Waals surface area (Å²) in [6.45, 7) is 1.71. The molecule has 0 unspecified atom stereocenters. The summed E-state index contributed by atoms with van der Waals surface area (Å²) >= 11 is 0. The second-order valence-electron chi connectivity index (χ2n) is 3.49. The molecular weight excluding hydrogens is 153 g/mol. The zero-order chi connectivity index (χ0) is 8.77. The average molecular weight is 164 g/mol. The number of aryl methyl sites for hydroxylation is 1. The van der Waals surface area contributed by atoms with Crippen molar-refractivity contribution in [3.63, 3.8) is 0 Å². The standard InChI is InChI=1S/C10H11FN/c1-7-3-2-4-8(9(7)11)10(12)5-6-10/h2,4H,5-6,12H2,1H3. The van der Waals surface area contributed by atoms with Crippen molar-refractivity contribution >= 4 is 0 Å². The van der Waals surface area contributed by atoms with Crippen LogP contribution in [-0.2, 0) is 5.54 Å². The Balaban J connectivity index is 2.51. The van der Waals surface area contributed by atoms with E-state index in [1.165, 1.54) is 0 Å². The van der Waals surface area contributed by atoms with Crippen LogP contribution in [0.3, 0.4) is 0 Å². The van der Waals surface area contributed by atoms with E-state index in [9.17, 15) is 4.39 Å². The smallest absolute Gasteiger partial charge is 0.131 e. The second kappa shape index (κ2) is 2.30. The maximum atomic E-state index is 13.4. The van der Waals surface area contributed by atoms with Crippen molar-refractivity contribution in [2.24, 2.45) is 5.73 Å². The van der Waals surface area contributed by atoms with Gasteiger partial charge in [0.15, 0.2) is 0 Å². The van der Waals surface area contributed by atoms with Gasteiger partial charge in [-0.1, -0.05) is 12.1 Å². The molecule has 1 aliphatic rings. The first-order valence-electron chi connectivity index (χ1n) is 4.10. The van der Waals surface area contributed by atoms with Gasteiger partial charge in [0.2, 0.25) is 0 Å². The Hall–Kier alpha value is -0.890. The molecule has 2 N–H and O–H groups in total. The van der Waals surface area contributed by atoms with Crippen LogP contribution in [0.5, 0.6) is 0 Å². The van der Waals surface area contributed by atoms with Crippen LogP contribution >= 0.6 is 0 Å². The monoisotopic (exact) mass is 164 g/mol. The molecule has 1 aromatic rings. The molecule has 0 atom stereocenters. The lowest BCUT2D eigenvalue weighted by Gasteiger charge is -2.10. The van der Waals surface area contributed by atoms with Crippen molar-refractivity contribution in [2.75, 3.05) is 0 Å². The number of rotatable bonds is 1. The van der Waals surface area contributed by atoms with Crippen molar-refractivity contribution in [1.82, 2.24) is 0 Å². The summed E-state index contributed by atoms with van der Waals surface area (Å²) < 4.78 is 13.4. The van der Waals surface area contributed by atoms with Crippen LogP contribution in [0, 0.1) is 18.8 Å². The molecule has 2 heteroatoms. The Morgan fingerprint density at radius 3 is 2.83 bits per heavy atom. The molecule has 0 spiro atoms. The first-order chi connectivity index (χ1) is 5.63. The zero-order valence-electron chi connectivity index (χ0n) is 7.02. The van der Waals surface area contributed by atoms with Crippen molar-refractivity contribution in [2.45, 2.75) is 25.3 Å². The highest BCUT2D eigenvalue weighted by atomic mass is 19.1. The maximum Gasteiger partial charge on any atom is 0.131 e. The highest BCUT2D eigenvalue weighted by Gasteiger charge is 2.42. The van der Waals surface area contributed by atoms with Gasteiger partial charge >= 0.3 is 0 Å². The fourth-order valence-corrected chi connectivity index (χ4v) is 1.38. The molecule has 63 valence electrons. The molecule has 1 aromatic carbocycles. The first kappa shape index (κ1) is 7.74. The van der Waals surface area contributed by atoms with Gasteiger partial charge in [-0.05, 0) is 31.4 Å². The largest absolute Gasteiger partial charge is 0.321 e. The quantitative estimate of drug-likeness (QED) is 0.673. The minimum absolute atomic E-state index is 0.183. The molecule has 0 aromatic heterocycles. The van der Waals surface area contributed by atoms with Crippen LogP contribution in [0.4, 0.5) is 4.39 Å². The molecule has 12 heavy (non-hydrogen) atoms. The lowest BCUT2D eigenvalue weighted by atomic mass is 10.0. The summed E-state index contributed by atoms with van der Waals surface area (Å²) in [5.41, 5.74) is 6.72. The normalized spacial score (nSPS) is 19.2. The summed E-state index contributed by atoms with van der Waals surface area (Å²) in [7, 11) is 0.